The lowest BCUT2D eigenvalue weighted by Gasteiger charge is -2.22. The van der Waals surface area contributed by atoms with Gasteiger partial charge < -0.3 is 10.1 Å². The Morgan fingerprint density at radius 1 is 1.64 bits per heavy atom. The Labute approximate surface area is 87.7 Å². The van der Waals surface area contributed by atoms with Crippen LogP contribution in [0.3, 0.4) is 0 Å². The highest BCUT2D eigenvalue weighted by Gasteiger charge is 2.28. The maximum Gasteiger partial charge on any atom is 0.0551 e. The van der Waals surface area contributed by atoms with E-state index in [1.54, 1.807) is 0 Å². The minimum atomic E-state index is 0.441. The van der Waals surface area contributed by atoms with Crippen molar-refractivity contribution in [1.29, 1.82) is 0 Å². The van der Waals surface area contributed by atoms with Gasteiger partial charge in [0.25, 0.3) is 0 Å². The lowest BCUT2D eigenvalue weighted by Crippen LogP contribution is -2.36. The molecular weight excluding hydrogens is 174 g/mol. The Morgan fingerprint density at radius 3 is 2.93 bits per heavy atom. The van der Waals surface area contributed by atoms with E-state index in [4.69, 9.17) is 4.74 Å². The highest BCUT2D eigenvalue weighted by Crippen LogP contribution is 2.24. The van der Waals surface area contributed by atoms with Crippen molar-refractivity contribution in [2.75, 3.05) is 13.2 Å². The molecule has 0 spiro atoms. The van der Waals surface area contributed by atoms with E-state index in [1.807, 2.05) is 6.08 Å². The van der Waals surface area contributed by atoms with Gasteiger partial charge in [-0.3, -0.25) is 0 Å². The van der Waals surface area contributed by atoms with Crippen LogP contribution in [0.25, 0.3) is 0 Å². The van der Waals surface area contributed by atoms with Gasteiger partial charge in [-0.05, 0) is 32.7 Å². The van der Waals surface area contributed by atoms with Crippen LogP contribution in [0, 0.1) is 5.92 Å². The Balaban J connectivity index is 2.36. The lowest BCUT2D eigenvalue weighted by atomic mass is 9.94. The maximum absolute atomic E-state index is 5.60. The molecule has 0 aromatic heterocycles. The van der Waals surface area contributed by atoms with E-state index in [2.05, 4.69) is 25.7 Å². The Hall–Kier alpha value is -0.340. The van der Waals surface area contributed by atoms with Gasteiger partial charge in [-0.15, -0.1) is 6.58 Å². The monoisotopic (exact) mass is 197 g/mol. The molecule has 0 bridgehead atoms. The third-order valence-electron chi connectivity index (χ3n) is 2.88. The topological polar surface area (TPSA) is 21.3 Å². The van der Waals surface area contributed by atoms with E-state index < -0.39 is 0 Å². The first-order valence-electron chi connectivity index (χ1n) is 5.73. The number of rotatable bonds is 6. The highest BCUT2D eigenvalue weighted by atomic mass is 16.5. The summed E-state index contributed by atoms with van der Waals surface area (Å²) in [4.78, 5) is 0. The molecule has 0 saturated carbocycles. The van der Waals surface area contributed by atoms with Crippen molar-refractivity contribution < 1.29 is 4.74 Å². The van der Waals surface area contributed by atoms with Gasteiger partial charge in [0, 0.05) is 12.0 Å². The van der Waals surface area contributed by atoms with Crippen molar-refractivity contribution >= 4 is 0 Å². The van der Waals surface area contributed by atoms with Gasteiger partial charge >= 0.3 is 0 Å². The van der Waals surface area contributed by atoms with E-state index in [1.165, 1.54) is 12.8 Å². The van der Waals surface area contributed by atoms with Crippen molar-refractivity contribution in [3.63, 3.8) is 0 Å². The van der Waals surface area contributed by atoms with Crippen LogP contribution >= 0.6 is 0 Å². The molecule has 0 amide bonds. The molecule has 1 rings (SSSR count). The van der Waals surface area contributed by atoms with Crippen LogP contribution < -0.4 is 5.32 Å². The number of hydrogen-bond donors (Lipinski definition) is 1. The van der Waals surface area contributed by atoms with Crippen LogP contribution in [0.1, 0.15) is 33.1 Å². The van der Waals surface area contributed by atoms with Crippen LogP contribution in [0.2, 0.25) is 0 Å². The first-order valence-corrected chi connectivity index (χ1v) is 5.73. The molecule has 2 heteroatoms. The molecule has 82 valence electrons. The zero-order valence-electron chi connectivity index (χ0n) is 9.46. The van der Waals surface area contributed by atoms with Gasteiger partial charge in [0.05, 0.1) is 12.7 Å². The quantitative estimate of drug-likeness (QED) is 0.660. The first-order chi connectivity index (χ1) is 6.77. The van der Waals surface area contributed by atoms with E-state index in [0.29, 0.717) is 18.1 Å². The Kier molecular flexibility index (Phi) is 5.20. The third kappa shape index (κ3) is 3.43. The zero-order valence-corrected chi connectivity index (χ0v) is 9.46. The van der Waals surface area contributed by atoms with Crippen LogP contribution in [0.4, 0.5) is 0 Å². The molecule has 3 unspecified atom stereocenters. The zero-order chi connectivity index (χ0) is 10.4. The SMILES string of the molecule is C=CCC(NCCC)C1COC(C)C1. The molecular formula is C12H23NO. The first kappa shape index (κ1) is 11.7. The van der Waals surface area contributed by atoms with Crippen molar-refractivity contribution in [3.05, 3.63) is 12.7 Å². The standard InChI is InChI=1S/C12H23NO/c1-4-6-12(13-7-5-2)11-8-10(3)14-9-11/h4,10-13H,1,5-9H2,2-3H3. The van der Waals surface area contributed by atoms with Crippen molar-refractivity contribution in [3.8, 4) is 0 Å². The second kappa shape index (κ2) is 6.20. The molecule has 1 aliphatic heterocycles. The minimum absolute atomic E-state index is 0.441. The van der Waals surface area contributed by atoms with Gasteiger partial charge in [0.15, 0.2) is 0 Å². The van der Waals surface area contributed by atoms with Gasteiger partial charge in [-0.2, -0.15) is 0 Å². The van der Waals surface area contributed by atoms with Gasteiger partial charge in [0.1, 0.15) is 0 Å². The van der Waals surface area contributed by atoms with Gasteiger partial charge in [0.2, 0.25) is 0 Å². The summed E-state index contributed by atoms with van der Waals surface area (Å²) >= 11 is 0. The maximum atomic E-state index is 5.60. The second-order valence-corrected chi connectivity index (χ2v) is 4.22. The molecule has 1 heterocycles. The third-order valence-corrected chi connectivity index (χ3v) is 2.88. The summed E-state index contributed by atoms with van der Waals surface area (Å²) in [5.41, 5.74) is 0. The summed E-state index contributed by atoms with van der Waals surface area (Å²) in [6, 6.07) is 0.567. The predicted octanol–water partition coefficient (Wildman–Crippen LogP) is 2.36. The summed E-state index contributed by atoms with van der Waals surface area (Å²) in [6.07, 6.45) is 5.89. The largest absolute Gasteiger partial charge is 0.378 e. The minimum Gasteiger partial charge on any atom is -0.378 e. The van der Waals surface area contributed by atoms with E-state index in [-0.39, 0.29) is 0 Å². The van der Waals surface area contributed by atoms with Crippen LogP contribution in [0.15, 0.2) is 12.7 Å². The van der Waals surface area contributed by atoms with Crippen LogP contribution in [0.5, 0.6) is 0 Å². The summed E-state index contributed by atoms with van der Waals surface area (Å²) in [6.45, 7) is 10.2. The fourth-order valence-electron chi connectivity index (χ4n) is 2.08. The van der Waals surface area contributed by atoms with Gasteiger partial charge in [-0.25, -0.2) is 0 Å². The van der Waals surface area contributed by atoms with E-state index in [0.717, 1.165) is 19.6 Å². The molecule has 1 saturated heterocycles. The molecule has 2 nitrogen and oxygen atoms in total. The van der Waals surface area contributed by atoms with Crippen molar-refractivity contribution in [2.45, 2.75) is 45.3 Å². The molecule has 3 atom stereocenters. The summed E-state index contributed by atoms with van der Waals surface area (Å²) in [5, 5.41) is 3.58. The van der Waals surface area contributed by atoms with Gasteiger partial charge in [-0.1, -0.05) is 13.0 Å². The molecule has 1 aliphatic rings. The molecule has 14 heavy (non-hydrogen) atoms. The molecule has 0 radical (unpaired) electrons. The van der Waals surface area contributed by atoms with Crippen LogP contribution in [-0.2, 0) is 4.74 Å². The molecule has 0 aromatic carbocycles. The summed E-state index contributed by atoms with van der Waals surface area (Å²) in [5.74, 6) is 0.676. The summed E-state index contributed by atoms with van der Waals surface area (Å²) < 4.78 is 5.60. The predicted molar refractivity (Wildman–Crippen MR) is 60.4 cm³/mol. The number of nitrogens with one attached hydrogen (secondary N) is 1. The van der Waals surface area contributed by atoms with E-state index in [9.17, 15) is 0 Å². The normalized spacial score (nSPS) is 29.0. The van der Waals surface area contributed by atoms with E-state index >= 15 is 0 Å². The Morgan fingerprint density at radius 2 is 2.43 bits per heavy atom. The molecule has 1 fully saturated rings. The van der Waals surface area contributed by atoms with Crippen molar-refractivity contribution in [1.82, 2.24) is 5.32 Å². The average Bonchev–Trinajstić information content (AvgIpc) is 2.59. The lowest BCUT2D eigenvalue weighted by molar-refractivity contribution is 0.117. The molecule has 0 aromatic rings. The average molecular weight is 197 g/mol. The van der Waals surface area contributed by atoms with Crippen molar-refractivity contribution in [2.24, 2.45) is 5.92 Å². The molecule has 1 N–H and O–H groups in total. The fraction of sp³-hybridized carbons (Fsp3) is 0.833. The fourth-order valence-corrected chi connectivity index (χ4v) is 2.08. The smallest absolute Gasteiger partial charge is 0.0551 e. The second-order valence-electron chi connectivity index (χ2n) is 4.22. The number of hydrogen-bond acceptors (Lipinski definition) is 2. The summed E-state index contributed by atoms with van der Waals surface area (Å²) in [7, 11) is 0. The molecule has 0 aliphatic carbocycles. The highest BCUT2D eigenvalue weighted by molar-refractivity contribution is 4.87. The Bertz CT molecular complexity index is 170. The van der Waals surface area contributed by atoms with Crippen LogP contribution in [-0.4, -0.2) is 25.3 Å². The number of ether oxygens (including phenoxy) is 1.